The number of amides is 3. The van der Waals surface area contributed by atoms with Gasteiger partial charge in [-0.15, -0.1) is 0 Å². The Kier molecular flexibility index (Phi) is 5.99. The molecule has 1 rings (SSSR count). The van der Waals surface area contributed by atoms with Gasteiger partial charge < -0.3 is 21.5 Å². The minimum absolute atomic E-state index is 0.0881. The molecule has 1 aliphatic rings. The van der Waals surface area contributed by atoms with Gasteiger partial charge in [0, 0.05) is 6.54 Å². The Morgan fingerprint density at radius 2 is 1.76 bits per heavy atom. The molecule has 0 bridgehead atoms. The number of primary amides is 1. The van der Waals surface area contributed by atoms with Crippen molar-refractivity contribution in [2.75, 3.05) is 6.54 Å². The van der Waals surface area contributed by atoms with E-state index < -0.39 is 29.4 Å². The smallest absolute Gasteiger partial charge is 0.312 e. The molecule has 0 radical (unpaired) electrons. The molecule has 21 heavy (non-hydrogen) atoms. The molecule has 0 aromatic heterocycles. The number of carboxylic acid groups (broad SMARTS) is 1. The second-order valence-electron chi connectivity index (χ2n) is 6.09. The van der Waals surface area contributed by atoms with Crippen molar-refractivity contribution in [2.24, 2.45) is 17.1 Å². The summed E-state index contributed by atoms with van der Waals surface area (Å²) in [5.41, 5.74) is 4.17. The third-order valence-electron chi connectivity index (χ3n) is 4.11. The van der Waals surface area contributed by atoms with Gasteiger partial charge in [0.15, 0.2) is 0 Å². The summed E-state index contributed by atoms with van der Waals surface area (Å²) in [4.78, 5) is 34.6. The van der Waals surface area contributed by atoms with Crippen molar-refractivity contribution in [1.82, 2.24) is 10.6 Å². The zero-order valence-electron chi connectivity index (χ0n) is 12.6. The van der Waals surface area contributed by atoms with E-state index in [4.69, 9.17) is 5.73 Å². The second-order valence-corrected chi connectivity index (χ2v) is 6.09. The van der Waals surface area contributed by atoms with E-state index in [0.717, 1.165) is 19.3 Å². The average Bonchev–Trinajstić information content (AvgIpc) is 2.42. The number of rotatable bonds is 6. The van der Waals surface area contributed by atoms with Crippen LogP contribution in [-0.2, 0) is 9.59 Å². The van der Waals surface area contributed by atoms with Gasteiger partial charge >= 0.3 is 12.0 Å². The van der Waals surface area contributed by atoms with Crippen molar-refractivity contribution in [2.45, 2.75) is 52.0 Å². The number of nitrogens with two attached hydrogens (primary N) is 1. The molecule has 1 atom stereocenters. The first-order valence-corrected chi connectivity index (χ1v) is 7.35. The number of nitrogens with one attached hydrogen (secondary N) is 2. The van der Waals surface area contributed by atoms with E-state index in [1.165, 1.54) is 0 Å². The predicted molar refractivity (Wildman–Crippen MR) is 77.5 cm³/mol. The molecule has 1 saturated carbocycles. The lowest BCUT2D eigenvalue weighted by atomic mass is 9.74. The van der Waals surface area contributed by atoms with Crippen LogP contribution in [0.1, 0.15) is 46.0 Å². The standard InChI is InChI=1S/C14H25N3O4/c1-9(2)10(17-13(15)21)11(18)16-8-14(12(19)20)6-4-3-5-7-14/h9-10H,3-8H2,1-2H3,(H,16,18)(H,19,20)(H3,15,17,21). The topological polar surface area (TPSA) is 122 Å². The summed E-state index contributed by atoms with van der Waals surface area (Å²) in [6, 6.07) is -1.52. The van der Waals surface area contributed by atoms with Crippen LogP contribution >= 0.6 is 0 Å². The van der Waals surface area contributed by atoms with Crippen LogP contribution in [0.5, 0.6) is 0 Å². The molecule has 0 saturated heterocycles. The number of carbonyl (C=O) groups is 3. The monoisotopic (exact) mass is 299 g/mol. The Morgan fingerprint density at radius 1 is 1.19 bits per heavy atom. The molecule has 0 heterocycles. The maximum absolute atomic E-state index is 12.2. The SMILES string of the molecule is CC(C)C(NC(N)=O)C(=O)NCC1(C(=O)O)CCCCC1. The number of hydrogen-bond donors (Lipinski definition) is 4. The van der Waals surface area contributed by atoms with E-state index in [1.807, 2.05) is 0 Å². The molecule has 7 nitrogen and oxygen atoms in total. The Hall–Kier alpha value is -1.79. The number of aliphatic carboxylic acids is 1. The average molecular weight is 299 g/mol. The van der Waals surface area contributed by atoms with Crippen molar-refractivity contribution >= 4 is 17.9 Å². The van der Waals surface area contributed by atoms with E-state index in [1.54, 1.807) is 13.8 Å². The summed E-state index contributed by atoms with van der Waals surface area (Å²) in [5, 5.41) is 14.5. The number of hydrogen-bond acceptors (Lipinski definition) is 3. The van der Waals surface area contributed by atoms with Crippen molar-refractivity contribution in [3.8, 4) is 0 Å². The molecule has 0 aromatic carbocycles. The molecule has 1 unspecified atom stereocenters. The molecule has 3 amide bonds. The lowest BCUT2D eigenvalue weighted by Gasteiger charge is -2.34. The summed E-state index contributed by atoms with van der Waals surface area (Å²) < 4.78 is 0. The van der Waals surface area contributed by atoms with E-state index in [9.17, 15) is 19.5 Å². The molecule has 0 aromatic rings. The first kappa shape index (κ1) is 17.3. The van der Waals surface area contributed by atoms with Gasteiger partial charge in [-0.25, -0.2) is 4.79 Å². The van der Waals surface area contributed by atoms with Gasteiger partial charge in [0.05, 0.1) is 5.41 Å². The van der Waals surface area contributed by atoms with Crippen molar-refractivity contribution in [1.29, 1.82) is 0 Å². The molecule has 0 spiro atoms. The largest absolute Gasteiger partial charge is 0.481 e. The maximum atomic E-state index is 12.2. The number of urea groups is 1. The highest BCUT2D eigenvalue weighted by molar-refractivity contribution is 5.87. The molecule has 1 fully saturated rings. The lowest BCUT2D eigenvalue weighted by Crippen LogP contribution is -2.54. The van der Waals surface area contributed by atoms with Crippen LogP contribution in [0.2, 0.25) is 0 Å². The van der Waals surface area contributed by atoms with E-state index in [2.05, 4.69) is 10.6 Å². The van der Waals surface area contributed by atoms with Gasteiger partial charge in [0.2, 0.25) is 5.91 Å². The van der Waals surface area contributed by atoms with Crippen molar-refractivity contribution in [3.05, 3.63) is 0 Å². The molecule has 0 aliphatic heterocycles. The molecule has 1 aliphatic carbocycles. The van der Waals surface area contributed by atoms with Gasteiger partial charge in [-0.05, 0) is 18.8 Å². The van der Waals surface area contributed by atoms with E-state index in [0.29, 0.717) is 12.8 Å². The van der Waals surface area contributed by atoms with Crippen LogP contribution in [0.15, 0.2) is 0 Å². The molecular formula is C14H25N3O4. The Morgan fingerprint density at radius 3 is 2.19 bits per heavy atom. The first-order valence-electron chi connectivity index (χ1n) is 7.35. The summed E-state index contributed by atoms with van der Waals surface area (Å²) in [5.74, 6) is -1.40. The fraction of sp³-hybridized carbons (Fsp3) is 0.786. The second kappa shape index (κ2) is 7.28. The Bertz CT molecular complexity index is 403. The quantitative estimate of drug-likeness (QED) is 0.580. The zero-order chi connectivity index (χ0) is 16.0. The van der Waals surface area contributed by atoms with Crippen LogP contribution in [0.4, 0.5) is 4.79 Å². The van der Waals surface area contributed by atoms with Gasteiger partial charge in [-0.1, -0.05) is 33.1 Å². The molecule has 120 valence electrons. The third-order valence-corrected chi connectivity index (χ3v) is 4.11. The zero-order valence-corrected chi connectivity index (χ0v) is 12.6. The summed E-state index contributed by atoms with van der Waals surface area (Å²) >= 11 is 0. The molecule has 7 heteroatoms. The van der Waals surface area contributed by atoms with E-state index >= 15 is 0 Å². The normalized spacial score (nSPS) is 18.8. The summed E-state index contributed by atoms with van der Waals surface area (Å²) in [6.45, 7) is 3.66. The Balaban J connectivity index is 2.67. The molecule has 5 N–H and O–H groups in total. The van der Waals surface area contributed by atoms with Gasteiger partial charge in [-0.3, -0.25) is 9.59 Å². The van der Waals surface area contributed by atoms with Crippen LogP contribution in [-0.4, -0.2) is 35.6 Å². The summed E-state index contributed by atoms with van der Waals surface area (Å²) in [6.07, 6.45) is 3.88. The predicted octanol–water partition coefficient (Wildman–Crippen LogP) is 0.831. The van der Waals surface area contributed by atoms with Gasteiger partial charge in [0.1, 0.15) is 6.04 Å². The van der Waals surface area contributed by atoms with Crippen LogP contribution in [0.25, 0.3) is 0 Å². The Labute approximate surface area is 124 Å². The highest BCUT2D eigenvalue weighted by atomic mass is 16.4. The fourth-order valence-corrected chi connectivity index (χ4v) is 2.75. The van der Waals surface area contributed by atoms with Crippen LogP contribution in [0.3, 0.4) is 0 Å². The van der Waals surface area contributed by atoms with Gasteiger partial charge in [0.25, 0.3) is 0 Å². The van der Waals surface area contributed by atoms with E-state index in [-0.39, 0.29) is 12.5 Å². The third kappa shape index (κ3) is 4.61. The number of carbonyl (C=O) groups excluding carboxylic acids is 2. The highest BCUT2D eigenvalue weighted by Crippen LogP contribution is 2.36. The highest BCUT2D eigenvalue weighted by Gasteiger charge is 2.40. The minimum atomic E-state index is -0.887. The minimum Gasteiger partial charge on any atom is -0.481 e. The first-order chi connectivity index (χ1) is 9.78. The van der Waals surface area contributed by atoms with Crippen LogP contribution in [0, 0.1) is 11.3 Å². The van der Waals surface area contributed by atoms with Crippen molar-refractivity contribution < 1.29 is 19.5 Å². The fourth-order valence-electron chi connectivity index (χ4n) is 2.75. The molecular weight excluding hydrogens is 274 g/mol. The van der Waals surface area contributed by atoms with Gasteiger partial charge in [-0.2, -0.15) is 0 Å². The lowest BCUT2D eigenvalue weighted by molar-refractivity contribution is -0.151. The van der Waals surface area contributed by atoms with Crippen LogP contribution < -0.4 is 16.4 Å². The van der Waals surface area contributed by atoms with Crippen molar-refractivity contribution in [3.63, 3.8) is 0 Å². The number of carboxylic acids is 1. The summed E-state index contributed by atoms with van der Waals surface area (Å²) in [7, 11) is 0. The maximum Gasteiger partial charge on any atom is 0.312 e.